The van der Waals surface area contributed by atoms with Crippen molar-refractivity contribution in [2.45, 2.75) is 0 Å². The van der Waals surface area contributed by atoms with Gasteiger partial charge in [-0.3, -0.25) is 0 Å². The second-order valence-corrected chi connectivity index (χ2v) is 1.20. The maximum absolute atomic E-state index is 9.61. The van der Waals surface area contributed by atoms with E-state index >= 15 is 0 Å². The molecule has 46 valence electrons. The molecule has 0 aliphatic carbocycles. The fraction of sp³-hybridized carbons (Fsp3) is 0.250. The van der Waals surface area contributed by atoms with Gasteiger partial charge in [0.05, 0.1) is 0 Å². The molecule has 0 amide bonds. The molecular weight excluding hydrogens is 142 g/mol. The van der Waals surface area contributed by atoms with Gasteiger partial charge in [0.15, 0.2) is 17.4 Å². The Labute approximate surface area is 63.3 Å². The van der Waals surface area contributed by atoms with Crippen LogP contribution < -0.4 is 0 Å². The van der Waals surface area contributed by atoms with Crippen molar-refractivity contribution in [3.63, 3.8) is 0 Å². The summed E-state index contributed by atoms with van der Waals surface area (Å²) in [5.41, 5.74) is 0. The highest BCUT2D eigenvalue weighted by atomic mass is 35.5. The highest BCUT2D eigenvalue weighted by molar-refractivity contribution is 6.19. The smallest absolute Gasteiger partial charge is 0.328 e. The Kier molecular flexibility index (Phi) is 9.60. The van der Waals surface area contributed by atoms with Gasteiger partial charge in [-0.25, -0.2) is 4.79 Å². The van der Waals surface area contributed by atoms with E-state index in [0.717, 1.165) is 6.08 Å². The lowest BCUT2D eigenvalue weighted by Gasteiger charge is -1.72. The number of carboxylic acids is 1. The maximum Gasteiger partial charge on any atom is 0.328 e. The van der Waals surface area contributed by atoms with Gasteiger partial charge >= 0.3 is 5.97 Å². The predicted octanol–water partition coefficient (Wildman–Crippen LogP) is -0.318. The summed E-state index contributed by atoms with van der Waals surface area (Å²) in [7, 11) is 0. The third-order valence-corrected chi connectivity index (χ3v) is 0.528. The van der Waals surface area contributed by atoms with Crippen LogP contribution in [0.15, 0.2) is 12.2 Å². The van der Waals surface area contributed by atoms with E-state index < -0.39 is 5.97 Å². The average molecular weight is 151 g/mol. The molecule has 0 radical (unpaired) electrons. The third kappa shape index (κ3) is 9.40. The summed E-state index contributed by atoms with van der Waals surface area (Å²) in [6, 6.07) is 0. The lowest BCUT2D eigenvalue weighted by atomic mass is 10.5. The first kappa shape index (κ1) is 10.9. The first-order chi connectivity index (χ1) is 3.27. The Morgan fingerprint density at radius 2 is 2.25 bits per heavy atom. The number of carbonyl (C=O) groups is 1. The van der Waals surface area contributed by atoms with Crippen molar-refractivity contribution in [3.05, 3.63) is 12.2 Å². The fourth-order valence-electron chi connectivity index (χ4n) is 0.145. The van der Waals surface area contributed by atoms with Crippen LogP contribution in [0.2, 0.25) is 0 Å². The normalized spacial score (nSPS) is 8.62. The second kappa shape index (κ2) is 7.03. The zero-order valence-electron chi connectivity index (χ0n) is 3.60. The number of hydrogen-bond donors (Lipinski definition) is 1. The highest BCUT2D eigenvalue weighted by Crippen LogP contribution is 1.76. The first-order valence-electron chi connectivity index (χ1n) is 1.73. The van der Waals surface area contributed by atoms with E-state index in [2.05, 4.69) is 0 Å². The molecule has 0 spiro atoms. The second-order valence-electron chi connectivity index (χ2n) is 0.895. The summed E-state index contributed by atoms with van der Waals surface area (Å²) in [6.45, 7) is 0. The van der Waals surface area contributed by atoms with Gasteiger partial charge in [-0.05, 0) is 0 Å². The SMILES string of the molecule is O=C(O)/C=C/CCl.[AlH3]. The van der Waals surface area contributed by atoms with Gasteiger partial charge in [0, 0.05) is 12.0 Å². The van der Waals surface area contributed by atoms with Crippen molar-refractivity contribution in [1.82, 2.24) is 0 Å². The van der Waals surface area contributed by atoms with Gasteiger partial charge < -0.3 is 5.11 Å². The Balaban J connectivity index is 0. The van der Waals surface area contributed by atoms with E-state index in [1.807, 2.05) is 0 Å². The van der Waals surface area contributed by atoms with Crippen LogP contribution in [-0.4, -0.2) is 34.3 Å². The Morgan fingerprint density at radius 3 is 2.38 bits per heavy atom. The Morgan fingerprint density at radius 1 is 1.75 bits per heavy atom. The van der Waals surface area contributed by atoms with E-state index in [1.54, 1.807) is 0 Å². The van der Waals surface area contributed by atoms with E-state index in [-0.39, 0.29) is 23.2 Å². The molecule has 0 fully saturated rings. The van der Waals surface area contributed by atoms with Crippen LogP contribution >= 0.6 is 11.6 Å². The monoisotopic (exact) mass is 150 g/mol. The van der Waals surface area contributed by atoms with Crippen LogP contribution in [0.1, 0.15) is 0 Å². The van der Waals surface area contributed by atoms with Crippen molar-refractivity contribution in [2.24, 2.45) is 0 Å². The minimum Gasteiger partial charge on any atom is -0.478 e. The topological polar surface area (TPSA) is 37.3 Å². The van der Waals surface area contributed by atoms with Crippen molar-refractivity contribution in [3.8, 4) is 0 Å². The van der Waals surface area contributed by atoms with Crippen molar-refractivity contribution in [1.29, 1.82) is 0 Å². The van der Waals surface area contributed by atoms with E-state index in [9.17, 15) is 4.79 Å². The minimum atomic E-state index is -0.958. The van der Waals surface area contributed by atoms with Crippen LogP contribution in [0.5, 0.6) is 0 Å². The summed E-state index contributed by atoms with van der Waals surface area (Å²) < 4.78 is 0. The molecule has 0 saturated heterocycles. The van der Waals surface area contributed by atoms with Crippen LogP contribution in [0.4, 0.5) is 0 Å². The summed E-state index contributed by atoms with van der Waals surface area (Å²) in [5, 5.41) is 7.90. The lowest BCUT2D eigenvalue weighted by Crippen LogP contribution is -1.85. The molecule has 0 rings (SSSR count). The molecular formula is C4H8AlClO2. The van der Waals surface area contributed by atoms with Gasteiger partial charge in [-0.1, -0.05) is 6.08 Å². The highest BCUT2D eigenvalue weighted by Gasteiger charge is 1.79. The number of halogens is 1. The molecule has 4 heteroatoms. The van der Waals surface area contributed by atoms with Crippen LogP contribution in [0.3, 0.4) is 0 Å². The van der Waals surface area contributed by atoms with Gasteiger partial charge in [0.25, 0.3) is 0 Å². The van der Waals surface area contributed by atoms with Crippen LogP contribution in [-0.2, 0) is 4.79 Å². The van der Waals surface area contributed by atoms with Crippen LogP contribution in [0, 0.1) is 0 Å². The molecule has 0 saturated carbocycles. The molecule has 0 unspecified atom stereocenters. The molecule has 0 bridgehead atoms. The number of rotatable bonds is 2. The number of allylic oxidation sites excluding steroid dienone is 1. The molecule has 0 heterocycles. The quantitative estimate of drug-likeness (QED) is 0.333. The standard InChI is InChI=1S/C4H5ClO2.Al.3H/c5-3-1-2-4(6)7;;;;/h1-2H,3H2,(H,6,7);;;;/b2-1+;;;;. The lowest BCUT2D eigenvalue weighted by molar-refractivity contribution is -0.131. The largest absolute Gasteiger partial charge is 0.478 e. The number of hydrogen-bond acceptors (Lipinski definition) is 1. The van der Waals surface area contributed by atoms with Crippen molar-refractivity contribution >= 4 is 34.9 Å². The predicted molar refractivity (Wildman–Crippen MR) is 37.4 cm³/mol. The molecule has 0 aromatic rings. The van der Waals surface area contributed by atoms with Crippen molar-refractivity contribution < 1.29 is 9.90 Å². The van der Waals surface area contributed by atoms with Gasteiger partial charge in [-0.2, -0.15) is 0 Å². The maximum atomic E-state index is 9.61. The fourth-order valence-corrected chi connectivity index (χ4v) is 0.234. The zero-order valence-corrected chi connectivity index (χ0v) is 4.35. The summed E-state index contributed by atoms with van der Waals surface area (Å²) in [4.78, 5) is 9.61. The molecule has 0 aliphatic heterocycles. The molecule has 0 aromatic heterocycles. The molecule has 8 heavy (non-hydrogen) atoms. The molecule has 1 N–H and O–H groups in total. The number of carboxylic acid groups (broad SMARTS) is 1. The van der Waals surface area contributed by atoms with Gasteiger partial charge in [-0.15, -0.1) is 11.6 Å². The average Bonchev–Trinajstić information content (AvgIpc) is 1.61. The summed E-state index contributed by atoms with van der Waals surface area (Å²) >= 11 is 5.10. The Bertz CT molecular complexity index is 92.0. The number of aliphatic carboxylic acids is 1. The van der Waals surface area contributed by atoms with E-state index in [1.165, 1.54) is 6.08 Å². The molecule has 0 atom stereocenters. The van der Waals surface area contributed by atoms with Gasteiger partial charge in [0.1, 0.15) is 0 Å². The first-order valence-corrected chi connectivity index (χ1v) is 2.26. The summed E-state index contributed by atoms with van der Waals surface area (Å²) in [6.07, 6.45) is 2.37. The Hall–Kier alpha value is 0.0325. The van der Waals surface area contributed by atoms with E-state index in [0.29, 0.717) is 0 Å². The molecule has 2 nitrogen and oxygen atoms in total. The van der Waals surface area contributed by atoms with Crippen molar-refractivity contribution in [2.75, 3.05) is 5.88 Å². The third-order valence-electron chi connectivity index (χ3n) is 0.350. The molecule has 0 aromatic carbocycles. The number of alkyl halides is 1. The minimum absolute atomic E-state index is 0. The van der Waals surface area contributed by atoms with Gasteiger partial charge in [0.2, 0.25) is 0 Å². The zero-order chi connectivity index (χ0) is 5.70. The van der Waals surface area contributed by atoms with Crippen LogP contribution in [0.25, 0.3) is 0 Å². The molecule has 0 aliphatic rings. The summed E-state index contributed by atoms with van der Waals surface area (Å²) in [5.74, 6) is -0.701. The van der Waals surface area contributed by atoms with E-state index in [4.69, 9.17) is 16.7 Å².